The van der Waals surface area contributed by atoms with E-state index in [1.807, 2.05) is 0 Å². The molecule has 0 saturated heterocycles. The van der Waals surface area contributed by atoms with Crippen LogP contribution in [0.2, 0.25) is 0 Å². The standard InChI is InChI=1S/C5H9N3O2/c6-2-1-5(10)8-7-3-4-9/h7,9H,1,3-4H2,(H,8,10). The van der Waals surface area contributed by atoms with Crippen molar-refractivity contribution in [2.75, 3.05) is 13.2 Å². The van der Waals surface area contributed by atoms with Crippen LogP contribution in [-0.2, 0) is 4.79 Å². The van der Waals surface area contributed by atoms with Crippen molar-refractivity contribution in [3.63, 3.8) is 0 Å². The Labute approximate surface area is 58.6 Å². The van der Waals surface area contributed by atoms with Crippen LogP contribution in [0.3, 0.4) is 0 Å². The van der Waals surface area contributed by atoms with Crippen molar-refractivity contribution in [3.8, 4) is 6.07 Å². The van der Waals surface area contributed by atoms with Gasteiger partial charge in [0.1, 0.15) is 6.42 Å². The van der Waals surface area contributed by atoms with E-state index in [0.29, 0.717) is 0 Å². The first-order valence-electron chi connectivity index (χ1n) is 2.80. The number of amides is 1. The van der Waals surface area contributed by atoms with Crippen LogP contribution in [0.15, 0.2) is 0 Å². The number of nitriles is 1. The van der Waals surface area contributed by atoms with Crippen molar-refractivity contribution in [1.82, 2.24) is 10.9 Å². The summed E-state index contributed by atoms with van der Waals surface area (Å²) in [6, 6.07) is 1.68. The fourth-order valence-corrected chi connectivity index (χ4v) is 0.333. The van der Waals surface area contributed by atoms with Crippen LogP contribution in [0.25, 0.3) is 0 Å². The third-order valence-electron chi connectivity index (χ3n) is 0.704. The van der Waals surface area contributed by atoms with E-state index in [1.54, 1.807) is 6.07 Å². The van der Waals surface area contributed by atoms with E-state index in [9.17, 15) is 4.79 Å². The van der Waals surface area contributed by atoms with Crippen LogP contribution in [0, 0.1) is 11.3 Å². The number of hydrogen-bond donors (Lipinski definition) is 3. The van der Waals surface area contributed by atoms with E-state index in [1.165, 1.54) is 0 Å². The fraction of sp³-hybridized carbons (Fsp3) is 0.600. The largest absolute Gasteiger partial charge is 0.395 e. The summed E-state index contributed by atoms with van der Waals surface area (Å²) in [7, 11) is 0. The normalized spacial score (nSPS) is 8.40. The van der Waals surface area contributed by atoms with Crippen molar-refractivity contribution in [2.24, 2.45) is 0 Å². The first-order valence-corrected chi connectivity index (χ1v) is 2.80. The Morgan fingerprint density at radius 3 is 2.90 bits per heavy atom. The molecule has 0 fully saturated rings. The lowest BCUT2D eigenvalue weighted by Crippen LogP contribution is -2.38. The molecule has 0 aromatic heterocycles. The first kappa shape index (κ1) is 8.88. The van der Waals surface area contributed by atoms with Crippen LogP contribution in [0.5, 0.6) is 0 Å². The second kappa shape index (κ2) is 6.01. The molecule has 0 radical (unpaired) electrons. The molecule has 0 saturated carbocycles. The highest BCUT2D eigenvalue weighted by Crippen LogP contribution is 1.70. The summed E-state index contributed by atoms with van der Waals surface area (Å²) in [5.74, 6) is -0.393. The van der Waals surface area contributed by atoms with Gasteiger partial charge in [-0.2, -0.15) is 5.26 Å². The third kappa shape index (κ3) is 5.03. The highest BCUT2D eigenvalue weighted by Gasteiger charge is 1.95. The maximum atomic E-state index is 10.4. The smallest absolute Gasteiger partial charge is 0.248 e. The Morgan fingerprint density at radius 2 is 2.40 bits per heavy atom. The molecule has 0 aliphatic carbocycles. The molecule has 0 aromatic carbocycles. The average Bonchev–Trinajstić information content (AvgIpc) is 1.89. The van der Waals surface area contributed by atoms with Crippen molar-refractivity contribution in [3.05, 3.63) is 0 Å². The maximum Gasteiger partial charge on any atom is 0.248 e. The summed E-state index contributed by atoms with van der Waals surface area (Å²) in [5, 5.41) is 16.2. The van der Waals surface area contributed by atoms with Gasteiger partial charge in [0, 0.05) is 6.54 Å². The second-order valence-electron chi connectivity index (χ2n) is 1.53. The number of carbonyl (C=O) groups is 1. The first-order chi connectivity index (χ1) is 4.81. The minimum atomic E-state index is -0.393. The molecule has 3 N–H and O–H groups in total. The third-order valence-corrected chi connectivity index (χ3v) is 0.704. The summed E-state index contributed by atoms with van der Waals surface area (Å²) in [6.07, 6.45) is -0.168. The van der Waals surface area contributed by atoms with E-state index < -0.39 is 5.91 Å². The maximum absolute atomic E-state index is 10.4. The minimum Gasteiger partial charge on any atom is -0.395 e. The molecule has 0 spiro atoms. The van der Waals surface area contributed by atoms with Gasteiger partial charge >= 0.3 is 0 Å². The molecule has 0 aliphatic heterocycles. The quantitative estimate of drug-likeness (QED) is 0.331. The molecular formula is C5H9N3O2. The van der Waals surface area contributed by atoms with Crippen molar-refractivity contribution in [2.45, 2.75) is 6.42 Å². The lowest BCUT2D eigenvalue weighted by molar-refractivity contribution is -0.121. The summed E-state index contributed by atoms with van der Waals surface area (Å²) in [4.78, 5) is 10.4. The van der Waals surface area contributed by atoms with E-state index in [0.717, 1.165) is 0 Å². The SMILES string of the molecule is N#CCC(=O)NNCCO. The number of carbonyl (C=O) groups excluding carboxylic acids is 1. The number of hydrogen-bond acceptors (Lipinski definition) is 4. The topological polar surface area (TPSA) is 85.2 Å². The molecule has 5 nitrogen and oxygen atoms in total. The number of hydrazine groups is 1. The summed E-state index contributed by atoms with van der Waals surface area (Å²) in [6.45, 7) is 0.240. The van der Waals surface area contributed by atoms with E-state index >= 15 is 0 Å². The fourth-order valence-electron chi connectivity index (χ4n) is 0.333. The minimum absolute atomic E-state index is 0.0488. The van der Waals surface area contributed by atoms with Gasteiger partial charge in [-0.1, -0.05) is 0 Å². The highest BCUT2D eigenvalue weighted by molar-refractivity contribution is 5.77. The number of nitrogens with one attached hydrogen (secondary N) is 2. The molecule has 56 valence electrons. The molecule has 0 rings (SSSR count). The lowest BCUT2D eigenvalue weighted by atomic mass is 10.5. The zero-order chi connectivity index (χ0) is 7.82. The van der Waals surface area contributed by atoms with E-state index in [2.05, 4.69) is 10.9 Å². The van der Waals surface area contributed by atoms with Gasteiger partial charge in [-0.05, 0) is 0 Å². The van der Waals surface area contributed by atoms with Crippen molar-refractivity contribution in [1.29, 1.82) is 5.26 Å². The molecule has 10 heavy (non-hydrogen) atoms. The zero-order valence-corrected chi connectivity index (χ0v) is 5.42. The Kier molecular flexibility index (Phi) is 5.33. The van der Waals surface area contributed by atoms with Gasteiger partial charge in [-0.25, -0.2) is 5.43 Å². The van der Waals surface area contributed by atoms with E-state index in [-0.39, 0.29) is 19.6 Å². The molecule has 0 aliphatic rings. The second-order valence-corrected chi connectivity index (χ2v) is 1.53. The highest BCUT2D eigenvalue weighted by atomic mass is 16.3. The van der Waals surface area contributed by atoms with Crippen molar-refractivity contribution >= 4 is 5.91 Å². The molecule has 0 atom stereocenters. The number of aliphatic hydroxyl groups excluding tert-OH is 1. The monoisotopic (exact) mass is 143 g/mol. The molecular weight excluding hydrogens is 134 g/mol. The van der Waals surface area contributed by atoms with Gasteiger partial charge in [-0.3, -0.25) is 10.2 Å². The molecule has 1 amide bonds. The Bertz CT molecular complexity index is 140. The predicted molar refractivity (Wildman–Crippen MR) is 33.5 cm³/mol. The molecule has 5 heteroatoms. The summed E-state index contributed by atoms with van der Waals surface area (Å²) in [5.41, 5.74) is 4.63. The predicted octanol–water partition coefficient (Wildman–Crippen LogP) is -1.49. The Hall–Kier alpha value is -1.12. The Morgan fingerprint density at radius 1 is 1.70 bits per heavy atom. The van der Waals surface area contributed by atoms with Crippen LogP contribution < -0.4 is 10.9 Å². The summed E-state index contributed by atoms with van der Waals surface area (Å²) >= 11 is 0. The molecule has 0 bridgehead atoms. The number of nitrogens with zero attached hydrogens (tertiary/aromatic N) is 1. The molecule has 0 aromatic rings. The van der Waals surface area contributed by atoms with Gasteiger partial charge < -0.3 is 5.11 Å². The number of aliphatic hydroxyl groups is 1. The Balaban J connectivity index is 3.15. The number of rotatable bonds is 4. The molecule has 0 unspecified atom stereocenters. The van der Waals surface area contributed by atoms with Crippen LogP contribution >= 0.6 is 0 Å². The van der Waals surface area contributed by atoms with Gasteiger partial charge in [-0.15, -0.1) is 0 Å². The average molecular weight is 143 g/mol. The van der Waals surface area contributed by atoms with Crippen LogP contribution in [0.1, 0.15) is 6.42 Å². The zero-order valence-electron chi connectivity index (χ0n) is 5.42. The van der Waals surface area contributed by atoms with Crippen LogP contribution in [-0.4, -0.2) is 24.2 Å². The lowest BCUT2D eigenvalue weighted by Gasteiger charge is -2.00. The molecule has 0 heterocycles. The van der Waals surface area contributed by atoms with Crippen molar-refractivity contribution < 1.29 is 9.90 Å². The van der Waals surface area contributed by atoms with Gasteiger partial charge in [0.15, 0.2) is 0 Å². The van der Waals surface area contributed by atoms with Gasteiger partial charge in [0.05, 0.1) is 12.7 Å². The van der Waals surface area contributed by atoms with Crippen LogP contribution in [0.4, 0.5) is 0 Å². The van der Waals surface area contributed by atoms with E-state index in [4.69, 9.17) is 10.4 Å². The summed E-state index contributed by atoms with van der Waals surface area (Å²) < 4.78 is 0. The van der Waals surface area contributed by atoms with Gasteiger partial charge in [0.2, 0.25) is 5.91 Å². The van der Waals surface area contributed by atoms with Gasteiger partial charge in [0.25, 0.3) is 0 Å².